The Morgan fingerprint density at radius 2 is 1.93 bits per heavy atom. The summed E-state index contributed by atoms with van der Waals surface area (Å²) in [6.45, 7) is 6.46. The molecule has 1 N–H and O–H groups in total. The number of aryl methyl sites for hydroxylation is 1. The summed E-state index contributed by atoms with van der Waals surface area (Å²) in [5.74, 6) is -0.151. The zero-order valence-electron chi connectivity index (χ0n) is 16.2. The summed E-state index contributed by atoms with van der Waals surface area (Å²) in [5, 5.41) is 8.28. The molecule has 3 aromatic rings. The van der Waals surface area contributed by atoms with E-state index in [0.29, 0.717) is 6.54 Å². The van der Waals surface area contributed by atoms with Gasteiger partial charge in [-0.2, -0.15) is 5.10 Å². The van der Waals surface area contributed by atoms with E-state index in [1.54, 1.807) is 18.5 Å². The topological polar surface area (TPSA) is 59.8 Å². The number of halogens is 1. The van der Waals surface area contributed by atoms with Crippen LogP contribution < -0.4 is 5.32 Å². The lowest BCUT2D eigenvalue weighted by Crippen LogP contribution is -2.24. The molecule has 2 heterocycles. The first kappa shape index (κ1) is 19.8. The molecule has 0 radical (unpaired) electrons. The van der Waals surface area contributed by atoms with Crippen molar-refractivity contribution < 1.29 is 4.79 Å². The maximum atomic E-state index is 12.3. The van der Waals surface area contributed by atoms with Gasteiger partial charge in [0.1, 0.15) is 0 Å². The van der Waals surface area contributed by atoms with Crippen molar-refractivity contribution in [2.45, 2.75) is 33.4 Å². The van der Waals surface area contributed by atoms with Gasteiger partial charge in [0.2, 0.25) is 5.91 Å². The molecule has 0 spiro atoms. The van der Waals surface area contributed by atoms with Gasteiger partial charge in [0, 0.05) is 34.7 Å². The summed E-state index contributed by atoms with van der Waals surface area (Å²) in [6.07, 6.45) is 6.80. The lowest BCUT2D eigenvalue weighted by atomic mass is 10.1. The Labute approximate surface area is 170 Å². The van der Waals surface area contributed by atoms with Gasteiger partial charge in [-0.1, -0.05) is 29.8 Å². The van der Waals surface area contributed by atoms with Gasteiger partial charge in [-0.25, -0.2) is 0 Å². The maximum absolute atomic E-state index is 12.3. The van der Waals surface area contributed by atoms with E-state index in [4.69, 9.17) is 11.6 Å². The van der Waals surface area contributed by atoms with Crippen molar-refractivity contribution in [2.75, 3.05) is 0 Å². The van der Waals surface area contributed by atoms with Crippen molar-refractivity contribution >= 4 is 23.6 Å². The largest absolute Gasteiger partial charge is 0.346 e. The number of nitrogens with one attached hydrogen (secondary N) is 1. The molecule has 1 amide bonds. The van der Waals surface area contributed by atoms with Crippen molar-refractivity contribution in [1.29, 1.82) is 0 Å². The third kappa shape index (κ3) is 4.67. The number of hydrogen-bond acceptors (Lipinski definition) is 3. The Balaban J connectivity index is 1.71. The molecule has 144 valence electrons. The lowest BCUT2D eigenvalue weighted by Gasteiger charge is -2.12. The highest BCUT2D eigenvalue weighted by molar-refractivity contribution is 6.31. The van der Waals surface area contributed by atoms with Crippen LogP contribution in [-0.2, 0) is 11.3 Å². The highest BCUT2D eigenvalue weighted by Crippen LogP contribution is 2.20. The summed E-state index contributed by atoms with van der Waals surface area (Å²) >= 11 is 6.26. The Hall–Kier alpha value is -2.92. The first-order chi connectivity index (χ1) is 13.5. The van der Waals surface area contributed by atoms with Crippen LogP contribution in [-0.4, -0.2) is 20.7 Å². The monoisotopic (exact) mass is 394 g/mol. The number of carbonyl (C=O) groups excluding carboxylic acids is 1. The molecule has 6 heteroatoms. The lowest BCUT2D eigenvalue weighted by molar-refractivity contribution is -0.117. The Kier molecular flexibility index (Phi) is 6.26. The molecule has 0 saturated carbocycles. The van der Waals surface area contributed by atoms with Crippen LogP contribution in [0.3, 0.4) is 0 Å². The summed E-state index contributed by atoms with van der Waals surface area (Å²) in [6, 6.07) is 11.4. The predicted octanol–water partition coefficient (Wildman–Crippen LogP) is 4.49. The summed E-state index contributed by atoms with van der Waals surface area (Å²) in [4.78, 5) is 16.3. The molecule has 0 aliphatic rings. The first-order valence-corrected chi connectivity index (χ1v) is 9.49. The quantitative estimate of drug-likeness (QED) is 0.627. The number of benzene rings is 1. The molecule has 28 heavy (non-hydrogen) atoms. The van der Waals surface area contributed by atoms with E-state index in [-0.39, 0.29) is 11.9 Å². The number of pyridine rings is 1. The Morgan fingerprint density at radius 1 is 1.21 bits per heavy atom. The minimum Gasteiger partial charge on any atom is -0.346 e. The van der Waals surface area contributed by atoms with Gasteiger partial charge in [-0.15, -0.1) is 0 Å². The summed E-state index contributed by atoms with van der Waals surface area (Å²) in [5.41, 5.74) is 4.82. The summed E-state index contributed by atoms with van der Waals surface area (Å²) in [7, 11) is 0. The van der Waals surface area contributed by atoms with Crippen LogP contribution in [0.2, 0.25) is 5.02 Å². The highest BCUT2D eigenvalue weighted by atomic mass is 35.5. The second kappa shape index (κ2) is 8.85. The molecule has 0 fully saturated rings. The van der Waals surface area contributed by atoms with Gasteiger partial charge in [0.15, 0.2) is 0 Å². The minimum atomic E-state index is -0.151. The third-order valence-electron chi connectivity index (χ3n) is 4.68. The fraction of sp³-hybridized carbons (Fsp3) is 0.227. The molecule has 1 atom stereocenters. The van der Waals surface area contributed by atoms with E-state index in [0.717, 1.165) is 33.1 Å². The molecule has 5 nitrogen and oxygen atoms in total. The Bertz CT molecular complexity index is 995. The average molecular weight is 395 g/mol. The number of aromatic nitrogens is 3. The third-order valence-corrected chi connectivity index (χ3v) is 5.05. The van der Waals surface area contributed by atoms with Crippen molar-refractivity contribution in [3.8, 4) is 0 Å². The van der Waals surface area contributed by atoms with Crippen LogP contribution in [0.5, 0.6) is 0 Å². The van der Waals surface area contributed by atoms with Gasteiger partial charge in [-0.3, -0.25) is 14.5 Å². The van der Waals surface area contributed by atoms with Crippen LogP contribution in [0.4, 0.5) is 0 Å². The van der Waals surface area contributed by atoms with E-state index in [1.807, 2.05) is 67.9 Å². The Morgan fingerprint density at radius 3 is 2.64 bits per heavy atom. The number of rotatable bonds is 6. The van der Waals surface area contributed by atoms with E-state index in [2.05, 4.69) is 15.4 Å². The van der Waals surface area contributed by atoms with Crippen molar-refractivity contribution in [3.05, 3.63) is 88.0 Å². The smallest absolute Gasteiger partial charge is 0.244 e. The van der Waals surface area contributed by atoms with Crippen LogP contribution in [0.25, 0.3) is 6.08 Å². The van der Waals surface area contributed by atoms with Gasteiger partial charge >= 0.3 is 0 Å². The fourth-order valence-corrected chi connectivity index (χ4v) is 3.25. The normalized spacial score (nSPS) is 12.3. The molecule has 3 rings (SSSR count). The molecule has 0 saturated heterocycles. The van der Waals surface area contributed by atoms with E-state index in [1.165, 1.54) is 0 Å². The second-order valence-corrected chi connectivity index (χ2v) is 7.08. The molecule has 0 bridgehead atoms. The molecular weight excluding hydrogens is 372 g/mol. The number of carbonyl (C=O) groups is 1. The van der Waals surface area contributed by atoms with Gasteiger partial charge in [-0.05, 0) is 56.2 Å². The van der Waals surface area contributed by atoms with Crippen LogP contribution in [0.1, 0.15) is 41.0 Å². The molecule has 2 aromatic heterocycles. The molecular formula is C22H23ClN4O. The van der Waals surface area contributed by atoms with Crippen molar-refractivity contribution in [1.82, 2.24) is 20.1 Å². The molecule has 1 aromatic carbocycles. The van der Waals surface area contributed by atoms with Crippen LogP contribution >= 0.6 is 11.6 Å². The van der Waals surface area contributed by atoms with Crippen LogP contribution in [0, 0.1) is 13.8 Å². The second-order valence-electron chi connectivity index (χ2n) is 6.68. The fourth-order valence-electron chi connectivity index (χ4n) is 3.05. The maximum Gasteiger partial charge on any atom is 0.244 e. The van der Waals surface area contributed by atoms with Crippen molar-refractivity contribution in [2.24, 2.45) is 0 Å². The summed E-state index contributed by atoms with van der Waals surface area (Å²) < 4.78 is 1.91. The van der Waals surface area contributed by atoms with Crippen LogP contribution in [0.15, 0.2) is 54.9 Å². The van der Waals surface area contributed by atoms with E-state index >= 15 is 0 Å². The SMILES string of the molecule is Cc1nn(Cc2ccccc2Cl)c(C)c1C=CC(=O)NC(C)c1ccncc1. The molecule has 0 aliphatic carbocycles. The number of amides is 1. The van der Waals surface area contributed by atoms with Gasteiger partial charge < -0.3 is 5.32 Å². The standard InChI is InChI=1S/C22H23ClN4O/c1-15(18-10-12-24-13-11-18)25-22(28)9-8-20-16(2)26-27(17(20)3)14-19-6-4-5-7-21(19)23/h4-13,15H,14H2,1-3H3,(H,25,28). The van der Waals surface area contributed by atoms with E-state index in [9.17, 15) is 4.79 Å². The average Bonchev–Trinajstić information content (AvgIpc) is 2.95. The van der Waals surface area contributed by atoms with E-state index < -0.39 is 0 Å². The van der Waals surface area contributed by atoms with Gasteiger partial charge in [0.05, 0.1) is 18.3 Å². The first-order valence-electron chi connectivity index (χ1n) is 9.11. The number of nitrogens with zero attached hydrogens (tertiary/aromatic N) is 3. The van der Waals surface area contributed by atoms with Crippen molar-refractivity contribution in [3.63, 3.8) is 0 Å². The zero-order valence-corrected chi connectivity index (χ0v) is 16.9. The minimum absolute atomic E-state index is 0.0923. The number of hydrogen-bond donors (Lipinski definition) is 1. The molecule has 0 aliphatic heterocycles. The van der Waals surface area contributed by atoms with Gasteiger partial charge in [0.25, 0.3) is 0 Å². The zero-order chi connectivity index (χ0) is 20.1. The molecule has 1 unspecified atom stereocenters. The highest BCUT2D eigenvalue weighted by Gasteiger charge is 2.12. The predicted molar refractivity (Wildman–Crippen MR) is 112 cm³/mol.